The van der Waals surface area contributed by atoms with Crippen molar-refractivity contribution in [1.82, 2.24) is 8.96 Å². The maximum atomic E-state index is 13.3. The second-order valence-electron chi connectivity index (χ2n) is 6.98. The number of benzene rings is 2. The molecule has 2 heterocycles. The second kappa shape index (κ2) is 7.33. The molecule has 0 atom stereocenters. The highest BCUT2D eigenvalue weighted by molar-refractivity contribution is 9.10. The third-order valence-electron chi connectivity index (χ3n) is 4.75. The van der Waals surface area contributed by atoms with Crippen LogP contribution in [0, 0.1) is 6.92 Å². The number of nitrogens with zero attached hydrogens (tertiary/aromatic N) is 2. The van der Waals surface area contributed by atoms with Gasteiger partial charge >= 0.3 is 0 Å². The fourth-order valence-corrected chi connectivity index (χ4v) is 5.46. The first kappa shape index (κ1) is 20.8. The van der Waals surface area contributed by atoms with Crippen molar-refractivity contribution in [2.24, 2.45) is 0 Å². The molecule has 0 aliphatic carbocycles. The fourth-order valence-electron chi connectivity index (χ4n) is 3.17. The lowest BCUT2D eigenvalue weighted by molar-refractivity contribution is 0.588. The molecule has 154 valence electrons. The molecular weight excluding hydrogens is 488 g/mol. The van der Waals surface area contributed by atoms with Crippen LogP contribution in [-0.2, 0) is 19.9 Å². The molecule has 0 radical (unpaired) electrons. The molecule has 0 fully saturated rings. The number of halogens is 1. The van der Waals surface area contributed by atoms with Crippen LogP contribution in [-0.4, -0.2) is 32.0 Å². The average molecular weight is 505 g/mol. The number of fused-ring (bicyclic) bond motifs is 1. The lowest BCUT2D eigenvalue weighted by Gasteiger charge is -2.07. The van der Waals surface area contributed by atoms with Crippen LogP contribution < -0.4 is 0 Å². The summed E-state index contributed by atoms with van der Waals surface area (Å²) < 4.78 is 52.0. The molecule has 6 nitrogen and oxygen atoms in total. The van der Waals surface area contributed by atoms with E-state index in [9.17, 15) is 16.8 Å². The van der Waals surface area contributed by atoms with E-state index in [4.69, 9.17) is 0 Å². The molecule has 30 heavy (non-hydrogen) atoms. The summed E-state index contributed by atoms with van der Waals surface area (Å²) in [5, 5.41) is 0.632. The van der Waals surface area contributed by atoms with Crippen molar-refractivity contribution in [2.45, 2.75) is 16.7 Å². The lowest BCUT2D eigenvalue weighted by atomic mass is 10.1. The molecule has 0 bridgehead atoms. The predicted octanol–water partition coefficient (Wildman–Crippen LogP) is 4.41. The normalized spacial score (nSPS) is 12.4. The van der Waals surface area contributed by atoms with Crippen LogP contribution in [0.4, 0.5) is 0 Å². The van der Waals surface area contributed by atoms with Gasteiger partial charge in [0.25, 0.3) is 10.0 Å². The number of sulfone groups is 1. The molecule has 2 aromatic heterocycles. The first-order valence-corrected chi connectivity index (χ1v) is 13.0. The molecule has 0 amide bonds. The Kier molecular flexibility index (Phi) is 5.08. The van der Waals surface area contributed by atoms with E-state index in [0.717, 1.165) is 11.8 Å². The zero-order chi connectivity index (χ0) is 21.7. The van der Waals surface area contributed by atoms with Gasteiger partial charge in [-0.3, -0.25) is 0 Å². The smallest absolute Gasteiger partial charge is 0.236 e. The van der Waals surface area contributed by atoms with Crippen LogP contribution in [0.3, 0.4) is 0 Å². The summed E-state index contributed by atoms with van der Waals surface area (Å²) in [4.78, 5) is 4.69. The minimum atomic E-state index is -3.87. The summed E-state index contributed by atoms with van der Waals surface area (Å²) in [7, 11) is -7.20. The molecule has 4 aromatic rings. The molecule has 0 aliphatic heterocycles. The Bertz CT molecular complexity index is 1470. The van der Waals surface area contributed by atoms with E-state index in [1.54, 1.807) is 48.7 Å². The zero-order valence-corrected chi connectivity index (χ0v) is 19.3. The Morgan fingerprint density at radius 1 is 0.900 bits per heavy atom. The molecule has 0 spiro atoms. The van der Waals surface area contributed by atoms with E-state index in [2.05, 4.69) is 20.9 Å². The van der Waals surface area contributed by atoms with Gasteiger partial charge < -0.3 is 0 Å². The molecule has 0 aliphatic rings. The van der Waals surface area contributed by atoms with Gasteiger partial charge in [-0.2, -0.15) is 0 Å². The number of aromatic nitrogens is 2. The van der Waals surface area contributed by atoms with E-state index < -0.39 is 19.9 Å². The highest BCUT2D eigenvalue weighted by Crippen LogP contribution is 2.34. The molecule has 9 heteroatoms. The molecule has 0 saturated carbocycles. The third kappa shape index (κ3) is 3.68. The van der Waals surface area contributed by atoms with Crippen LogP contribution in [0.1, 0.15) is 5.56 Å². The van der Waals surface area contributed by atoms with E-state index in [1.807, 2.05) is 6.92 Å². The minimum absolute atomic E-state index is 0.161. The van der Waals surface area contributed by atoms with Gasteiger partial charge in [-0.05, 0) is 58.7 Å². The summed E-state index contributed by atoms with van der Waals surface area (Å²) in [5.74, 6) is 0. The predicted molar refractivity (Wildman–Crippen MR) is 120 cm³/mol. The highest BCUT2D eigenvalue weighted by atomic mass is 79.9. The number of aryl methyl sites for hydroxylation is 1. The summed E-state index contributed by atoms with van der Waals surface area (Å²) in [5.41, 5.74) is 2.57. The standard InChI is InChI=1S/C21H17BrN2O4S2/c1-14-3-7-18(8-4-14)30(27,28)24-13-20(19-11-16(22)12-23-21(19)24)15-5-9-17(10-6-15)29(2,25)26/h3-13H,1-2H3. The van der Waals surface area contributed by atoms with Gasteiger partial charge in [0.05, 0.1) is 9.79 Å². The van der Waals surface area contributed by atoms with Gasteiger partial charge in [0.1, 0.15) is 0 Å². The SMILES string of the molecule is Cc1ccc(S(=O)(=O)n2cc(-c3ccc(S(C)(=O)=O)cc3)c3cc(Br)cnc32)cc1. The first-order valence-electron chi connectivity index (χ1n) is 8.87. The quantitative estimate of drug-likeness (QED) is 0.410. The van der Waals surface area contributed by atoms with E-state index in [1.165, 1.54) is 22.3 Å². The molecule has 0 N–H and O–H groups in total. The summed E-state index contributed by atoms with van der Waals surface area (Å²) in [6.45, 7) is 1.89. The topological polar surface area (TPSA) is 86.1 Å². The first-order chi connectivity index (χ1) is 14.1. The maximum absolute atomic E-state index is 13.3. The number of hydrogen-bond acceptors (Lipinski definition) is 5. The number of hydrogen-bond donors (Lipinski definition) is 0. The fraction of sp³-hybridized carbons (Fsp3) is 0.0952. The van der Waals surface area contributed by atoms with Gasteiger partial charge in [-0.25, -0.2) is 25.8 Å². The Hall–Kier alpha value is -2.49. The minimum Gasteiger partial charge on any atom is -0.236 e. The molecule has 0 saturated heterocycles. The average Bonchev–Trinajstić information content (AvgIpc) is 3.07. The van der Waals surface area contributed by atoms with Crippen molar-refractivity contribution in [2.75, 3.05) is 6.26 Å². The van der Waals surface area contributed by atoms with Gasteiger partial charge in [0, 0.05) is 34.1 Å². The molecule has 0 unspecified atom stereocenters. The van der Waals surface area contributed by atoms with Crippen molar-refractivity contribution < 1.29 is 16.8 Å². The van der Waals surface area contributed by atoms with Crippen LogP contribution in [0.15, 0.2) is 81.3 Å². The number of rotatable bonds is 4. The summed E-state index contributed by atoms with van der Waals surface area (Å²) in [6, 6.07) is 14.8. The van der Waals surface area contributed by atoms with E-state index >= 15 is 0 Å². The molecular formula is C21H17BrN2O4S2. The summed E-state index contributed by atoms with van der Waals surface area (Å²) >= 11 is 3.39. The molecule has 2 aromatic carbocycles. The Labute approximate surface area is 183 Å². The van der Waals surface area contributed by atoms with Crippen LogP contribution in [0.5, 0.6) is 0 Å². The number of pyridine rings is 1. The van der Waals surface area contributed by atoms with Gasteiger partial charge in [-0.1, -0.05) is 29.8 Å². The van der Waals surface area contributed by atoms with Gasteiger partial charge in [0.15, 0.2) is 15.5 Å². The Balaban J connectivity index is 1.95. The van der Waals surface area contributed by atoms with Crippen molar-refractivity contribution in [3.63, 3.8) is 0 Å². The van der Waals surface area contributed by atoms with Crippen molar-refractivity contribution >= 4 is 46.8 Å². The van der Waals surface area contributed by atoms with Gasteiger partial charge in [0.2, 0.25) is 0 Å². The van der Waals surface area contributed by atoms with E-state index in [-0.39, 0.29) is 9.79 Å². The van der Waals surface area contributed by atoms with E-state index in [0.29, 0.717) is 26.6 Å². The van der Waals surface area contributed by atoms with Gasteiger partial charge in [-0.15, -0.1) is 0 Å². The lowest BCUT2D eigenvalue weighted by Crippen LogP contribution is -2.12. The van der Waals surface area contributed by atoms with Crippen molar-refractivity contribution in [1.29, 1.82) is 0 Å². The van der Waals surface area contributed by atoms with Crippen LogP contribution in [0.2, 0.25) is 0 Å². The summed E-state index contributed by atoms with van der Waals surface area (Å²) in [6.07, 6.45) is 4.21. The monoisotopic (exact) mass is 504 g/mol. The Morgan fingerprint density at radius 3 is 2.10 bits per heavy atom. The van der Waals surface area contributed by atoms with Crippen molar-refractivity contribution in [3.05, 3.63) is 77.0 Å². The van der Waals surface area contributed by atoms with Crippen molar-refractivity contribution in [3.8, 4) is 11.1 Å². The largest absolute Gasteiger partial charge is 0.269 e. The van der Waals surface area contributed by atoms with Crippen LogP contribution in [0.25, 0.3) is 22.2 Å². The maximum Gasteiger partial charge on any atom is 0.269 e. The van der Waals surface area contributed by atoms with Crippen LogP contribution >= 0.6 is 15.9 Å². The molecule has 4 rings (SSSR count). The second-order valence-corrected chi connectivity index (χ2v) is 11.7. The zero-order valence-electron chi connectivity index (χ0n) is 16.1. The highest BCUT2D eigenvalue weighted by Gasteiger charge is 2.23. The third-order valence-corrected chi connectivity index (χ3v) is 7.98. The Morgan fingerprint density at radius 2 is 1.50 bits per heavy atom.